The van der Waals surface area contributed by atoms with Crippen molar-refractivity contribution in [2.75, 3.05) is 13.1 Å². The molecule has 73 heavy (non-hydrogen) atoms. The van der Waals surface area contributed by atoms with Crippen molar-refractivity contribution >= 4 is 61.5 Å². The third-order valence-corrected chi connectivity index (χ3v) is 10.0. The Bertz CT molecular complexity index is 1870. The number of nitrogens with one attached hydrogen (secondary N) is 2. The van der Waals surface area contributed by atoms with Crippen molar-refractivity contribution in [2.24, 2.45) is 0 Å². The van der Waals surface area contributed by atoms with Gasteiger partial charge >= 0.3 is 132 Å². The molecule has 424 valence electrons. The molecule has 2 aliphatic heterocycles. The van der Waals surface area contributed by atoms with Crippen molar-refractivity contribution in [2.45, 2.75) is 146 Å². The van der Waals surface area contributed by atoms with E-state index in [0.717, 1.165) is 10.6 Å². The largest absolute Gasteiger partial charge is 2.00 e. The van der Waals surface area contributed by atoms with E-state index in [1.807, 2.05) is 0 Å². The summed E-state index contributed by atoms with van der Waals surface area (Å²) < 4.78 is 439. The third-order valence-electron chi connectivity index (χ3n) is 10.0. The summed E-state index contributed by atoms with van der Waals surface area (Å²) in [5.41, 5.74) is -17.2. The van der Waals surface area contributed by atoms with Gasteiger partial charge < -0.3 is 30.4 Å². The second-order valence-corrected chi connectivity index (χ2v) is 14.7. The zero-order valence-electron chi connectivity index (χ0n) is 34.2. The van der Waals surface area contributed by atoms with Crippen molar-refractivity contribution in [1.29, 1.82) is 0 Å². The summed E-state index contributed by atoms with van der Waals surface area (Å²) in [7, 11) is 0. The van der Waals surface area contributed by atoms with Crippen molar-refractivity contribution in [3.63, 3.8) is 0 Å². The Hall–Kier alpha value is -3.18. The number of alkyl halides is 30. The maximum Gasteiger partial charge on any atom is 2.00 e. The average molecular weight is 1180 g/mol. The minimum absolute atomic E-state index is 0. The van der Waals surface area contributed by atoms with E-state index < -0.39 is 168 Å². The molecule has 0 spiro atoms. The van der Waals surface area contributed by atoms with E-state index in [-0.39, 0.29) is 63.4 Å². The SMILES string of the molecule is O=C([O-])CCCCCNC(=O)C(F)(F)C(F)(F)C1(F)C(F)(F)C(F)(F)C(F)(F)N(F)C1(F)C(F)(F)F.O=C([O-])CCCCCNC(=O)C(F)(F)C(F)(F)C1(F)C(F)(F)C(F)(F)C(F)(F)N(F)C1(F)C(F)(F)F.[Ca+2]. The topological polar surface area (TPSA) is 145 Å². The van der Waals surface area contributed by atoms with Crippen LogP contribution in [0, 0.1) is 0 Å². The van der Waals surface area contributed by atoms with Crippen LogP contribution in [0.3, 0.4) is 0 Å². The number of halogens is 32. The quantitative estimate of drug-likeness (QED) is 0.0492. The van der Waals surface area contributed by atoms with Crippen molar-refractivity contribution in [3.05, 3.63) is 0 Å². The van der Waals surface area contributed by atoms with E-state index in [1.165, 1.54) is 0 Å². The van der Waals surface area contributed by atoms with E-state index in [0.29, 0.717) is 0 Å². The number of carbonyl (C=O) groups excluding carboxylic acids is 4. The molecule has 2 amide bonds. The van der Waals surface area contributed by atoms with Crippen molar-refractivity contribution in [3.8, 4) is 0 Å². The molecule has 0 aromatic rings. The Morgan fingerprint density at radius 3 is 0.836 bits per heavy atom. The van der Waals surface area contributed by atoms with Crippen LogP contribution in [0.1, 0.15) is 51.4 Å². The second kappa shape index (κ2) is 21.0. The Labute approximate surface area is 410 Å². The molecule has 0 aromatic heterocycles. The molecule has 4 atom stereocenters. The molecule has 2 fully saturated rings. The number of hydrogen-bond donors (Lipinski definition) is 2. The molecule has 0 saturated carbocycles. The molecule has 2 N–H and O–H groups in total. The number of carbonyl (C=O) groups is 4. The molecule has 10 nitrogen and oxygen atoms in total. The first-order chi connectivity index (χ1) is 31.5. The molecule has 0 bridgehead atoms. The van der Waals surface area contributed by atoms with Crippen molar-refractivity contribution in [1.82, 2.24) is 20.9 Å². The Balaban J connectivity index is 0.00000140. The molecular weight excluding hydrogens is 1160 g/mol. The van der Waals surface area contributed by atoms with Crippen LogP contribution < -0.4 is 20.8 Å². The summed E-state index contributed by atoms with van der Waals surface area (Å²) in [6, 6.07) is -15.5. The molecule has 2 heterocycles. The van der Waals surface area contributed by atoms with Gasteiger partial charge in [0, 0.05) is 25.0 Å². The Morgan fingerprint density at radius 1 is 0.397 bits per heavy atom. The summed E-state index contributed by atoms with van der Waals surface area (Å²) in [5.74, 6) is -91.4. The summed E-state index contributed by atoms with van der Waals surface area (Å²) in [5, 5.41) is 12.9. The normalized spacial score (nSPS) is 28.2. The average Bonchev–Trinajstić information content (AvgIpc) is 3.21. The number of unbranched alkanes of at least 4 members (excludes halogenated alkanes) is 4. The number of hydrogen-bond acceptors (Lipinski definition) is 8. The zero-order chi connectivity index (χ0) is 57.9. The summed E-state index contributed by atoms with van der Waals surface area (Å²) >= 11 is 0. The first-order valence-electron chi connectivity index (χ1n) is 18.0. The molecular formula is C30H22CaF32N4O6. The Kier molecular flexibility index (Phi) is 20.1. The van der Waals surface area contributed by atoms with E-state index >= 15 is 0 Å². The van der Waals surface area contributed by atoms with Gasteiger partial charge in [-0.1, -0.05) is 12.8 Å². The van der Waals surface area contributed by atoms with Crippen LogP contribution in [0.25, 0.3) is 0 Å². The summed E-state index contributed by atoms with van der Waals surface area (Å²) in [4.78, 5) is 43.0. The van der Waals surface area contributed by atoms with Gasteiger partial charge in [0.05, 0.1) is 0 Å². The van der Waals surface area contributed by atoms with Gasteiger partial charge in [0.1, 0.15) is 0 Å². The van der Waals surface area contributed by atoms with Crippen LogP contribution in [0.15, 0.2) is 0 Å². The van der Waals surface area contributed by atoms with E-state index in [9.17, 15) is 170 Å². The fraction of sp³-hybridized carbons (Fsp3) is 0.867. The second-order valence-electron chi connectivity index (χ2n) is 14.7. The maximum absolute atomic E-state index is 14.8. The molecule has 2 saturated heterocycles. The van der Waals surface area contributed by atoms with Gasteiger partial charge in [-0.25, -0.2) is 17.6 Å². The third kappa shape index (κ3) is 9.83. The number of aliphatic carboxylic acids is 2. The summed E-state index contributed by atoms with van der Waals surface area (Å²) in [6.07, 6.45) is -19.8. The van der Waals surface area contributed by atoms with Crippen LogP contribution in [0.5, 0.6) is 0 Å². The Morgan fingerprint density at radius 2 is 0.630 bits per heavy atom. The van der Waals surface area contributed by atoms with Gasteiger partial charge in [-0.3, -0.25) is 9.59 Å². The van der Waals surface area contributed by atoms with Gasteiger partial charge in [-0.15, -0.1) is 8.96 Å². The van der Waals surface area contributed by atoms with Crippen molar-refractivity contribution < 1.29 is 170 Å². The van der Waals surface area contributed by atoms with Crippen LogP contribution in [-0.4, -0.2) is 180 Å². The van der Waals surface area contributed by atoms with Gasteiger partial charge in [0.25, 0.3) is 11.8 Å². The fourth-order valence-electron chi connectivity index (χ4n) is 6.04. The van der Waals surface area contributed by atoms with Gasteiger partial charge in [-0.05, 0) is 48.8 Å². The smallest absolute Gasteiger partial charge is 0.550 e. The minimum atomic E-state index is -8.60. The first-order valence-corrected chi connectivity index (χ1v) is 18.0. The molecule has 43 heteroatoms. The van der Waals surface area contributed by atoms with Gasteiger partial charge in [0.2, 0.25) is 0 Å². The molecule has 0 aromatic carbocycles. The maximum atomic E-state index is 14.8. The molecule has 2 aliphatic rings. The summed E-state index contributed by atoms with van der Waals surface area (Å²) in [6.45, 7) is -2.45. The van der Waals surface area contributed by atoms with E-state index in [1.54, 1.807) is 0 Å². The van der Waals surface area contributed by atoms with E-state index in [4.69, 9.17) is 0 Å². The predicted octanol–water partition coefficient (Wildman–Crippen LogP) is 6.99. The number of rotatable bonds is 18. The van der Waals surface area contributed by atoms with E-state index in [2.05, 4.69) is 0 Å². The zero-order valence-corrected chi connectivity index (χ0v) is 36.4. The van der Waals surface area contributed by atoms with Crippen LogP contribution in [0.2, 0.25) is 0 Å². The van der Waals surface area contributed by atoms with Gasteiger partial charge in [-0.2, -0.15) is 114 Å². The number of carboxylic acid groups (broad SMARTS) is 2. The first kappa shape index (κ1) is 69.8. The molecule has 4 unspecified atom stereocenters. The monoisotopic (exact) mass is 1180 g/mol. The number of amides is 2. The van der Waals surface area contributed by atoms with Gasteiger partial charge in [0.15, 0.2) is 0 Å². The molecule has 0 radical (unpaired) electrons. The molecule has 2 rings (SSSR count). The molecule has 0 aliphatic carbocycles. The number of piperidine rings is 2. The van der Waals surface area contributed by atoms with Crippen LogP contribution >= 0.6 is 0 Å². The fourth-order valence-corrected chi connectivity index (χ4v) is 6.04. The number of nitrogens with zero attached hydrogens (tertiary/aromatic N) is 2. The minimum Gasteiger partial charge on any atom is -0.550 e. The van der Waals surface area contributed by atoms with Crippen LogP contribution in [0.4, 0.5) is 141 Å². The van der Waals surface area contributed by atoms with Crippen LogP contribution in [-0.2, 0) is 19.2 Å². The predicted molar refractivity (Wildman–Crippen MR) is 162 cm³/mol. The number of carboxylic acids is 2. The standard InChI is InChI=1S/2C15H12F16N2O3.Ca/c2*16-8(17,7(36)32-5-3-1-2-4-6(34)35)10(19,20)9(18)11(21,22)12(23,24)15(29,30)33(31)13(9,25)14(26,27)28;/h2*1-5H2,(H,32,36)(H,34,35);/q;;+2/p-2.